The molecule has 0 aliphatic heterocycles. The van der Waals surface area contributed by atoms with Crippen molar-refractivity contribution in [2.75, 3.05) is 0 Å². The van der Waals surface area contributed by atoms with Gasteiger partial charge in [-0.1, -0.05) is 27.7 Å². The average Bonchev–Trinajstić information content (AvgIpc) is 2.49. The molecule has 0 saturated carbocycles. The Morgan fingerprint density at radius 2 is 1.28 bits per heavy atom. The number of hydrogen-bond donors (Lipinski definition) is 0. The van der Waals surface area contributed by atoms with Crippen LogP contribution >= 0.6 is 0 Å². The molecule has 3 atom stereocenters. The van der Waals surface area contributed by atoms with Crippen LogP contribution in [0.1, 0.15) is 60.8 Å². The van der Waals surface area contributed by atoms with Crippen LogP contribution in [0.25, 0.3) is 0 Å². The molecule has 0 aromatic heterocycles. The molecule has 0 spiro atoms. The van der Waals surface area contributed by atoms with Gasteiger partial charge in [0.1, 0.15) is 10.1 Å². The van der Waals surface area contributed by atoms with E-state index in [4.69, 9.17) is 9.47 Å². The van der Waals surface area contributed by atoms with Gasteiger partial charge in [0.2, 0.25) is 0 Å². The van der Waals surface area contributed by atoms with Crippen LogP contribution in [0.3, 0.4) is 0 Å². The van der Waals surface area contributed by atoms with Crippen LogP contribution in [-0.2, 0) is 69.3 Å². The minimum Gasteiger partial charge on any atom is -0.747 e. The van der Waals surface area contributed by atoms with Crippen molar-refractivity contribution in [3.63, 3.8) is 0 Å². The molecular formula is C16H29NaO7S5. The first kappa shape index (κ1) is 34.3. The molecule has 0 aliphatic rings. The molecule has 3 unspecified atom stereocenters. The zero-order valence-corrected chi connectivity index (χ0v) is 24.0. The number of carbonyl (C=O) groups is 2. The van der Waals surface area contributed by atoms with E-state index in [1.807, 2.05) is 27.7 Å². The van der Waals surface area contributed by atoms with E-state index in [-0.39, 0.29) is 41.4 Å². The third-order valence-electron chi connectivity index (χ3n) is 3.25. The number of carbonyl (C=O) groups excluding carboxylic acids is 2. The van der Waals surface area contributed by atoms with Gasteiger partial charge in [-0.2, -0.15) is 0 Å². The summed E-state index contributed by atoms with van der Waals surface area (Å²) in [4.78, 5) is 23.8. The standard InChI is InChI=1S/C16H30O7S.Na.S4/c1-10(2)7-12(5)22-15(17)9-14(24(19,20)21)16(18)23-13(6)8-11(3)4;;1-3-4-2/h10-14H,7-9H2,1-6H3,(H,19,20,21);;/q;+1;/p-1. The average molecular weight is 517 g/mol. The van der Waals surface area contributed by atoms with Gasteiger partial charge in [-0.05, 0) is 38.5 Å². The molecule has 0 saturated heterocycles. The smallest absolute Gasteiger partial charge is 0.747 e. The van der Waals surface area contributed by atoms with Gasteiger partial charge in [-0.3, -0.25) is 9.59 Å². The fourth-order valence-corrected chi connectivity index (χ4v) is 3.06. The first-order valence-electron chi connectivity index (χ1n) is 8.67. The molecule has 0 N–H and O–H groups in total. The fourth-order valence-electron chi connectivity index (χ4n) is 2.43. The van der Waals surface area contributed by atoms with Gasteiger partial charge in [0.25, 0.3) is 0 Å². The molecule has 13 heteroatoms. The second-order valence-corrected chi connectivity index (χ2v) is 12.2. The van der Waals surface area contributed by atoms with Crippen molar-refractivity contribution in [2.24, 2.45) is 11.8 Å². The molecule has 0 bridgehead atoms. The number of rotatable bonds is 10. The maximum Gasteiger partial charge on any atom is 1.00 e. The van der Waals surface area contributed by atoms with E-state index in [0.29, 0.717) is 12.8 Å². The van der Waals surface area contributed by atoms with E-state index < -0.39 is 45.9 Å². The van der Waals surface area contributed by atoms with Crippen LogP contribution in [0.4, 0.5) is 0 Å². The maximum absolute atomic E-state index is 12.0. The van der Waals surface area contributed by atoms with Gasteiger partial charge in [0.05, 0.1) is 18.6 Å². The molecule has 166 valence electrons. The topological polar surface area (TPSA) is 110 Å². The largest absolute Gasteiger partial charge is 1.00 e. The van der Waals surface area contributed by atoms with E-state index >= 15 is 0 Å². The summed E-state index contributed by atoms with van der Waals surface area (Å²) >= 11 is 8.66. The van der Waals surface area contributed by atoms with Crippen LogP contribution in [0.2, 0.25) is 0 Å². The summed E-state index contributed by atoms with van der Waals surface area (Å²) in [6, 6.07) is 0. The first-order chi connectivity index (χ1) is 12.7. The van der Waals surface area contributed by atoms with Crippen molar-refractivity contribution >= 4 is 62.2 Å². The Balaban J connectivity index is -0.00000123. The van der Waals surface area contributed by atoms with Crippen LogP contribution in [0.5, 0.6) is 0 Å². The molecule has 0 amide bonds. The molecule has 0 aromatic rings. The summed E-state index contributed by atoms with van der Waals surface area (Å²) in [5, 5.41) is -2.08. The van der Waals surface area contributed by atoms with Crippen LogP contribution in [0.15, 0.2) is 0 Å². The minimum atomic E-state index is -5.02. The van der Waals surface area contributed by atoms with Crippen LogP contribution in [0, 0.1) is 11.8 Å². The van der Waals surface area contributed by atoms with Crippen molar-refractivity contribution in [1.82, 2.24) is 0 Å². The predicted octanol–water partition coefficient (Wildman–Crippen LogP) is -0.760. The maximum atomic E-state index is 12.0. The van der Waals surface area contributed by atoms with Crippen LogP contribution < -0.4 is 29.6 Å². The summed E-state index contributed by atoms with van der Waals surface area (Å²) in [5.41, 5.74) is 0. The predicted molar refractivity (Wildman–Crippen MR) is 118 cm³/mol. The monoisotopic (exact) mass is 516 g/mol. The zero-order chi connectivity index (χ0) is 22.5. The van der Waals surface area contributed by atoms with E-state index in [2.05, 4.69) is 22.4 Å². The summed E-state index contributed by atoms with van der Waals surface area (Å²) in [7, 11) is -2.67. The van der Waals surface area contributed by atoms with E-state index in [0.717, 1.165) is 0 Å². The van der Waals surface area contributed by atoms with Crippen molar-refractivity contribution in [2.45, 2.75) is 78.3 Å². The second kappa shape index (κ2) is 18.3. The second-order valence-electron chi connectivity index (χ2n) is 7.13. The molecular weight excluding hydrogens is 487 g/mol. The van der Waals surface area contributed by atoms with E-state index in [1.165, 1.54) is 17.8 Å². The Labute approximate surface area is 212 Å². The SMILES string of the molecule is CC(C)CC(C)OC(=O)CC(C(=O)OC(C)CC(C)C)S(=O)(=O)[O-].S=S=S=S.[Na+]. The Bertz CT molecular complexity index is 661. The van der Waals surface area contributed by atoms with Gasteiger partial charge in [0.15, 0.2) is 5.25 Å². The zero-order valence-electron chi connectivity index (χ0n) is 17.9. The van der Waals surface area contributed by atoms with Crippen molar-refractivity contribution in [1.29, 1.82) is 0 Å². The normalized spacial score (nSPS) is 13.8. The summed E-state index contributed by atoms with van der Waals surface area (Å²) in [5.74, 6) is -1.58. The Hall–Kier alpha value is 0.730. The number of esters is 2. The summed E-state index contributed by atoms with van der Waals surface area (Å²) < 4.78 is 44.0. The molecule has 0 aromatic carbocycles. The van der Waals surface area contributed by atoms with Crippen LogP contribution in [-0.4, -0.2) is 42.4 Å². The molecule has 0 radical (unpaired) electrons. The number of ether oxygens (including phenoxy) is 2. The molecule has 7 nitrogen and oxygen atoms in total. The van der Waals surface area contributed by atoms with E-state index in [1.54, 1.807) is 13.8 Å². The quantitative estimate of drug-likeness (QED) is 0.210. The first-order valence-corrected chi connectivity index (χ1v) is 14.1. The molecule has 29 heavy (non-hydrogen) atoms. The fraction of sp³-hybridized carbons (Fsp3) is 0.875. The van der Waals surface area contributed by atoms with E-state index in [9.17, 15) is 22.6 Å². The Morgan fingerprint density at radius 3 is 1.59 bits per heavy atom. The Kier molecular flexibility index (Phi) is 21.7. The van der Waals surface area contributed by atoms with Crippen molar-refractivity contribution < 1.29 is 61.6 Å². The van der Waals surface area contributed by atoms with Crippen molar-refractivity contribution in [3.8, 4) is 0 Å². The van der Waals surface area contributed by atoms with Gasteiger partial charge in [-0.15, -0.1) is 0 Å². The van der Waals surface area contributed by atoms with Crippen molar-refractivity contribution in [3.05, 3.63) is 0 Å². The van der Waals surface area contributed by atoms with Gasteiger partial charge >= 0.3 is 41.5 Å². The van der Waals surface area contributed by atoms with Gasteiger partial charge in [0, 0.05) is 40.1 Å². The number of hydrogen-bond acceptors (Lipinski definition) is 9. The Morgan fingerprint density at radius 1 is 0.897 bits per heavy atom. The van der Waals surface area contributed by atoms with Gasteiger partial charge in [-0.25, -0.2) is 8.42 Å². The molecule has 0 rings (SSSR count). The molecule has 0 aliphatic carbocycles. The van der Waals surface area contributed by atoms with Gasteiger partial charge < -0.3 is 14.0 Å². The third kappa shape index (κ3) is 20.4. The third-order valence-corrected chi connectivity index (χ3v) is 6.53. The summed E-state index contributed by atoms with van der Waals surface area (Å²) in [6.45, 7) is 11.0. The minimum absolute atomic E-state index is 0. The molecule has 0 heterocycles. The summed E-state index contributed by atoms with van der Waals surface area (Å²) in [6.07, 6.45) is -0.688. The molecule has 0 fully saturated rings.